The second-order valence-corrected chi connectivity index (χ2v) is 19.8. The summed E-state index contributed by atoms with van der Waals surface area (Å²) >= 11 is 0. The van der Waals surface area contributed by atoms with Crippen molar-refractivity contribution < 1.29 is 0 Å². The predicted octanol–water partition coefficient (Wildman–Crippen LogP) is 16.8. The Morgan fingerprint density at radius 1 is 0.310 bits per heavy atom. The zero-order valence-electron chi connectivity index (χ0n) is 40.9. The van der Waals surface area contributed by atoms with Crippen molar-refractivity contribution in [2.24, 2.45) is 11.8 Å². The van der Waals surface area contributed by atoms with E-state index in [4.69, 9.17) is 0 Å². The van der Waals surface area contributed by atoms with E-state index in [2.05, 4.69) is 291 Å². The van der Waals surface area contributed by atoms with E-state index in [1.165, 1.54) is 78.2 Å². The summed E-state index contributed by atoms with van der Waals surface area (Å²) in [4.78, 5) is 5.29. The van der Waals surface area contributed by atoms with E-state index in [9.17, 15) is 0 Å². The number of nitrogens with zero attached hydrogens (tertiary/aromatic N) is 2. The Hall–Kier alpha value is -7.94. The summed E-state index contributed by atoms with van der Waals surface area (Å²) < 4.78 is 0. The molecule has 0 unspecified atom stereocenters. The zero-order valence-corrected chi connectivity index (χ0v) is 40.9. The molecule has 0 spiro atoms. The van der Waals surface area contributed by atoms with E-state index in [0.29, 0.717) is 6.67 Å². The molecule has 2 aliphatic carbocycles. The van der Waals surface area contributed by atoms with Gasteiger partial charge >= 0.3 is 0 Å². The van der Waals surface area contributed by atoms with Crippen LogP contribution in [0.25, 0.3) is 0 Å². The summed E-state index contributed by atoms with van der Waals surface area (Å²) in [6.45, 7) is 5.40. The van der Waals surface area contributed by atoms with Crippen LogP contribution in [0, 0.1) is 11.8 Å². The van der Waals surface area contributed by atoms with Crippen molar-refractivity contribution in [2.75, 3.05) is 6.67 Å². The van der Waals surface area contributed by atoms with E-state index in [1.54, 1.807) is 0 Å². The predicted molar refractivity (Wildman–Crippen MR) is 294 cm³/mol. The highest BCUT2D eigenvalue weighted by Gasteiger charge is 2.42. The Bertz CT molecular complexity index is 2800. The molecular formula is C69H62N2. The number of rotatable bonds is 14. The minimum atomic E-state index is 0.0173. The maximum Gasteiger partial charge on any atom is 0.0983 e. The van der Waals surface area contributed by atoms with Gasteiger partial charge in [-0.15, -0.1) is 0 Å². The average Bonchev–Trinajstić information content (AvgIpc) is 3.91. The summed E-state index contributed by atoms with van der Waals surface area (Å²) in [6, 6.07) is 89.9. The molecule has 2 heteroatoms. The summed E-state index contributed by atoms with van der Waals surface area (Å²) in [5.74, 6) is 0.543. The summed E-state index contributed by atoms with van der Waals surface area (Å²) in [5, 5.41) is 0. The van der Waals surface area contributed by atoms with Crippen molar-refractivity contribution in [1.82, 2.24) is 9.80 Å². The fourth-order valence-corrected chi connectivity index (χ4v) is 12.3. The van der Waals surface area contributed by atoms with Crippen LogP contribution in [0.5, 0.6) is 0 Å². The topological polar surface area (TPSA) is 6.48 Å². The molecule has 0 N–H and O–H groups in total. The Balaban J connectivity index is 1.15. The van der Waals surface area contributed by atoms with Crippen LogP contribution in [0.2, 0.25) is 0 Å². The monoisotopic (exact) mass is 918 g/mol. The molecule has 2 atom stereocenters. The van der Waals surface area contributed by atoms with Crippen LogP contribution in [0.3, 0.4) is 0 Å². The highest BCUT2D eigenvalue weighted by atomic mass is 15.4. The molecule has 348 valence electrons. The zero-order chi connectivity index (χ0) is 47.9. The van der Waals surface area contributed by atoms with Crippen molar-refractivity contribution >= 4 is 0 Å². The van der Waals surface area contributed by atoms with Gasteiger partial charge in [-0.2, -0.15) is 0 Å². The Kier molecular flexibility index (Phi) is 13.4. The minimum Gasteiger partial charge on any atom is -0.331 e. The molecular weight excluding hydrogens is 857 g/mol. The van der Waals surface area contributed by atoms with Gasteiger partial charge in [-0.05, 0) is 82.3 Å². The lowest BCUT2D eigenvalue weighted by atomic mass is 9.69. The fraction of sp³-hybridized carbons (Fsp3) is 0.159. The lowest BCUT2D eigenvalue weighted by molar-refractivity contribution is 0.275. The van der Waals surface area contributed by atoms with Crippen LogP contribution in [0.15, 0.2) is 301 Å². The first-order valence-electron chi connectivity index (χ1n) is 25.5. The molecule has 8 aromatic carbocycles. The van der Waals surface area contributed by atoms with Gasteiger partial charge in [0.25, 0.3) is 0 Å². The van der Waals surface area contributed by atoms with Gasteiger partial charge in [-0.1, -0.05) is 266 Å². The molecule has 2 nitrogen and oxygen atoms in total. The molecule has 0 aromatic heterocycles. The van der Waals surface area contributed by atoms with E-state index in [0.717, 1.165) is 12.8 Å². The summed E-state index contributed by atoms with van der Waals surface area (Å²) in [7, 11) is 0. The standard InChI is InChI=1S/C69H62N2/c1-50-45-60(64(52-27-11-3-12-28-52)53-29-13-4-14-30-53)68(61(46-50)65(54-31-15-5-16-32-54)55-33-17-6-18-34-55)70-43-44-71(49-70)69-62(66(56-35-19-7-20-36-56)57-37-21-8-22-38-57)47-51(2)48-63(69)67(58-39-23-9-24-40-58)59-41-25-10-26-42-59/h3-45,47,61,63-67H,46,48-49H2,1-2H3/t61-,63-/m1/s1. The second-order valence-electron chi connectivity index (χ2n) is 19.8. The van der Waals surface area contributed by atoms with E-state index >= 15 is 0 Å². The molecule has 1 heterocycles. The van der Waals surface area contributed by atoms with Crippen molar-refractivity contribution in [1.29, 1.82) is 0 Å². The first-order valence-corrected chi connectivity index (χ1v) is 25.5. The van der Waals surface area contributed by atoms with Crippen LogP contribution < -0.4 is 0 Å². The Labute approximate surface area is 422 Å². The van der Waals surface area contributed by atoms with E-state index < -0.39 is 0 Å². The van der Waals surface area contributed by atoms with Crippen molar-refractivity contribution in [3.63, 3.8) is 0 Å². The first-order chi connectivity index (χ1) is 35.1. The maximum absolute atomic E-state index is 2.65. The molecule has 0 saturated heterocycles. The van der Waals surface area contributed by atoms with Gasteiger partial charge in [-0.25, -0.2) is 0 Å². The molecule has 11 rings (SSSR count). The summed E-state index contributed by atoms with van der Waals surface area (Å²) in [5.41, 5.74) is 18.9. The third kappa shape index (κ3) is 9.56. The number of benzene rings is 8. The highest BCUT2D eigenvalue weighted by molar-refractivity contribution is 5.55. The van der Waals surface area contributed by atoms with E-state index in [-0.39, 0.29) is 35.5 Å². The molecule has 0 saturated carbocycles. The van der Waals surface area contributed by atoms with Crippen LogP contribution in [-0.2, 0) is 0 Å². The van der Waals surface area contributed by atoms with Crippen molar-refractivity contribution in [3.8, 4) is 0 Å². The third-order valence-corrected chi connectivity index (χ3v) is 15.1. The third-order valence-electron chi connectivity index (χ3n) is 15.1. The van der Waals surface area contributed by atoms with Gasteiger partial charge in [0, 0.05) is 59.3 Å². The second kappa shape index (κ2) is 21.0. The smallest absolute Gasteiger partial charge is 0.0983 e. The first kappa shape index (κ1) is 45.5. The van der Waals surface area contributed by atoms with Gasteiger partial charge in [0.15, 0.2) is 0 Å². The molecule has 0 amide bonds. The average molecular weight is 919 g/mol. The summed E-state index contributed by atoms with van der Waals surface area (Å²) in [6.07, 6.45) is 11.8. The Morgan fingerprint density at radius 2 is 0.535 bits per heavy atom. The van der Waals surface area contributed by atoms with Gasteiger partial charge in [0.05, 0.1) is 6.67 Å². The van der Waals surface area contributed by atoms with Crippen molar-refractivity contribution in [3.05, 3.63) is 345 Å². The van der Waals surface area contributed by atoms with Crippen LogP contribution in [0.1, 0.15) is 94.9 Å². The highest BCUT2D eigenvalue weighted by Crippen LogP contribution is 2.52. The molecule has 0 fully saturated rings. The molecule has 0 bridgehead atoms. The number of allylic oxidation sites excluding steroid dienone is 8. The van der Waals surface area contributed by atoms with Crippen LogP contribution >= 0.6 is 0 Å². The Morgan fingerprint density at radius 3 is 0.775 bits per heavy atom. The van der Waals surface area contributed by atoms with Crippen molar-refractivity contribution in [2.45, 2.75) is 50.4 Å². The molecule has 1 aliphatic heterocycles. The fourth-order valence-electron chi connectivity index (χ4n) is 12.3. The largest absolute Gasteiger partial charge is 0.331 e. The van der Waals surface area contributed by atoms with Gasteiger partial charge in [0.1, 0.15) is 0 Å². The maximum atomic E-state index is 2.65. The quantitative estimate of drug-likeness (QED) is 0.107. The van der Waals surface area contributed by atoms with Gasteiger partial charge in [0.2, 0.25) is 0 Å². The minimum absolute atomic E-state index is 0.0173. The molecule has 0 radical (unpaired) electrons. The molecule has 71 heavy (non-hydrogen) atoms. The van der Waals surface area contributed by atoms with Gasteiger partial charge < -0.3 is 9.80 Å². The molecule has 8 aromatic rings. The van der Waals surface area contributed by atoms with Gasteiger partial charge in [-0.3, -0.25) is 0 Å². The lowest BCUT2D eigenvalue weighted by Gasteiger charge is -2.43. The number of hydrogen-bond donors (Lipinski definition) is 0. The lowest BCUT2D eigenvalue weighted by Crippen LogP contribution is -2.36. The molecule has 3 aliphatic rings. The normalized spacial score (nSPS) is 17.2. The number of hydrogen-bond acceptors (Lipinski definition) is 2. The van der Waals surface area contributed by atoms with E-state index in [1.807, 2.05) is 0 Å². The van der Waals surface area contributed by atoms with Crippen LogP contribution in [-0.4, -0.2) is 16.5 Å². The SMILES string of the molecule is CC1=CC(C(c2ccccc2)c2ccccc2)=C(N2C=CN(C3=C(C(c4ccccc4)c4ccccc4)C=C(C)C[C@@H]3C(c3ccccc3)c3ccccc3)C2)[C@@H](C(c2ccccc2)c2ccccc2)C1. The van der Waals surface area contributed by atoms with Crippen LogP contribution in [0.4, 0.5) is 0 Å².